The minimum absolute atomic E-state index is 0.00400. The molecule has 0 aliphatic rings. The van der Waals surface area contributed by atoms with Gasteiger partial charge in [-0.1, -0.05) is 48.5 Å². The molecule has 2 amide bonds. The summed E-state index contributed by atoms with van der Waals surface area (Å²) >= 11 is 1.51. The molecule has 4 rings (SSSR count). The van der Waals surface area contributed by atoms with Crippen LogP contribution in [-0.4, -0.2) is 35.2 Å². The molecule has 0 aliphatic carbocycles. The van der Waals surface area contributed by atoms with Crippen LogP contribution in [0.5, 0.6) is 0 Å². The van der Waals surface area contributed by atoms with E-state index < -0.39 is 0 Å². The van der Waals surface area contributed by atoms with Gasteiger partial charge in [0.05, 0.1) is 5.75 Å². The highest BCUT2D eigenvalue weighted by atomic mass is 32.2. The van der Waals surface area contributed by atoms with Gasteiger partial charge in [-0.15, -0.1) is 11.8 Å². The fourth-order valence-electron chi connectivity index (χ4n) is 3.69. The van der Waals surface area contributed by atoms with Crippen LogP contribution in [0.15, 0.2) is 90.0 Å². The molecule has 0 atom stereocenters. The lowest BCUT2D eigenvalue weighted by atomic mass is 10.1. The van der Waals surface area contributed by atoms with Gasteiger partial charge in [-0.2, -0.15) is 0 Å². The lowest BCUT2D eigenvalue weighted by Gasteiger charge is -2.07. The number of rotatable bonds is 10. The molecule has 0 aliphatic heterocycles. The molecule has 7 heteroatoms. The molecular weight excluding hydrogens is 449 g/mol. The third-order valence-electron chi connectivity index (χ3n) is 5.43. The normalized spacial score (nSPS) is 10.9. The first-order valence-electron chi connectivity index (χ1n) is 11.2. The van der Waals surface area contributed by atoms with Crippen LogP contribution in [0.25, 0.3) is 10.9 Å². The topological polar surface area (TPSA) is 63.1 Å². The largest absolute Gasteiger partial charge is 0.355 e. The van der Waals surface area contributed by atoms with Crippen molar-refractivity contribution in [2.75, 3.05) is 18.8 Å². The monoisotopic (exact) mass is 475 g/mol. The molecule has 1 aromatic heterocycles. The van der Waals surface area contributed by atoms with Crippen molar-refractivity contribution in [3.63, 3.8) is 0 Å². The highest BCUT2D eigenvalue weighted by molar-refractivity contribution is 8.00. The van der Waals surface area contributed by atoms with Crippen molar-refractivity contribution in [1.82, 2.24) is 15.2 Å². The Bertz CT molecular complexity index is 1260. The zero-order chi connectivity index (χ0) is 23.8. The molecule has 0 saturated carbocycles. The Morgan fingerprint density at radius 1 is 0.853 bits per heavy atom. The fourth-order valence-corrected chi connectivity index (χ4v) is 4.61. The summed E-state index contributed by atoms with van der Waals surface area (Å²) in [5, 5.41) is 6.94. The van der Waals surface area contributed by atoms with Crippen molar-refractivity contribution < 1.29 is 14.0 Å². The van der Waals surface area contributed by atoms with Crippen LogP contribution in [0, 0.1) is 5.82 Å². The maximum absolute atomic E-state index is 13.1. The number of hydrogen-bond donors (Lipinski definition) is 2. The Hall–Kier alpha value is -3.58. The Morgan fingerprint density at radius 2 is 1.59 bits per heavy atom. The van der Waals surface area contributed by atoms with Gasteiger partial charge >= 0.3 is 0 Å². The number of thioether (sulfide) groups is 1. The Morgan fingerprint density at radius 3 is 2.38 bits per heavy atom. The number of fused-ring (bicyclic) bond motifs is 1. The number of amides is 2. The molecule has 0 bridgehead atoms. The highest BCUT2D eigenvalue weighted by Gasteiger charge is 2.11. The molecule has 0 saturated heterocycles. The summed E-state index contributed by atoms with van der Waals surface area (Å²) < 4.78 is 15.1. The molecule has 5 nitrogen and oxygen atoms in total. The minimum atomic E-state index is -0.370. The zero-order valence-corrected chi connectivity index (χ0v) is 19.5. The van der Waals surface area contributed by atoms with Crippen molar-refractivity contribution in [3.8, 4) is 0 Å². The molecule has 0 spiro atoms. The molecule has 1 heterocycles. The summed E-state index contributed by atoms with van der Waals surface area (Å²) in [6.45, 7) is 1.62. The first-order valence-corrected chi connectivity index (χ1v) is 12.1. The molecule has 0 radical (unpaired) electrons. The predicted octanol–water partition coefficient (Wildman–Crippen LogP) is 4.66. The number of carbonyl (C=O) groups is 2. The number of hydrogen-bond acceptors (Lipinski definition) is 3. The second-order valence-corrected chi connectivity index (χ2v) is 8.86. The van der Waals surface area contributed by atoms with Gasteiger partial charge in [0, 0.05) is 47.2 Å². The van der Waals surface area contributed by atoms with E-state index in [1.807, 2.05) is 48.7 Å². The third-order valence-corrected chi connectivity index (χ3v) is 6.48. The van der Waals surface area contributed by atoms with Crippen molar-refractivity contribution in [2.24, 2.45) is 0 Å². The number of para-hydroxylation sites is 1. The summed E-state index contributed by atoms with van der Waals surface area (Å²) in [4.78, 5) is 25.6. The average Bonchev–Trinajstić information content (AvgIpc) is 3.21. The molecular formula is C27H26FN3O2S. The van der Waals surface area contributed by atoms with E-state index in [9.17, 15) is 14.0 Å². The summed E-state index contributed by atoms with van der Waals surface area (Å²) in [6, 6.07) is 23.6. The molecule has 0 unspecified atom stereocenters. The Balaban J connectivity index is 1.30. The standard InChI is InChI=1S/C27H26FN3O2S/c28-22-12-10-21(11-13-22)27(33)30-16-17-31-18-25(23-8-4-5-9-24(23)31)34-19-26(32)29-15-14-20-6-2-1-3-7-20/h1-13,18H,14-17,19H2,(H,29,32)(H,30,33). The molecule has 2 N–H and O–H groups in total. The van der Waals surface area contributed by atoms with Crippen LogP contribution in [0.4, 0.5) is 4.39 Å². The predicted molar refractivity (Wildman–Crippen MR) is 135 cm³/mol. The van der Waals surface area contributed by atoms with Crippen LogP contribution in [0.2, 0.25) is 0 Å². The van der Waals surface area contributed by atoms with Crippen LogP contribution in [-0.2, 0) is 17.8 Å². The highest BCUT2D eigenvalue weighted by Crippen LogP contribution is 2.29. The average molecular weight is 476 g/mol. The van der Waals surface area contributed by atoms with E-state index in [-0.39, 0.29) is 17.6 Å². The van der Waals surface area contributed by atoms with Gasteiger partial charge in [0.1, 0.15) is 5.82 Å². The second kappa shape index (κ2) is 11.5. The van der Waals surface area contributed by atoms with Gasteiger partial charge in [0.2, 0.25) is 5.91 Å². The van der Waals surface area contributed by atoms with Crippen LogP contribution in [0.1, 0.15) is 15.9 Å². The summed E-state index contributed by atoms with van der Waals surface area (Å²) in [7, 11) is 0. The third kappa shape index (κ3) is 6.26. The fraction of sp³-hybridized carbons (Fsp3) is 0.185. The molecule has 3 aromatic carbocycles. The number of benzene rings is 3. The van der Waals surface area contributed by atoms with Crippen molar-refractivity contribution in [1.29, 1.82) is 0 Å². The van der Waals surface area contributed by atoms with Crippen LogP contribution < -0.4 is 10.6 Å². The van der Waals surface area contributed by atoms with Gasteiger partial charge < -0.3 is 15.2 Å². The van der Waals surface area contributed by atoms with Gasteiger partial charge in [-0.05, 0) is 42.3 Å². The first-order chi connectivity index (χ1) is 16.6. The van der Waals surface area contributed by atoms with Crippen molar-refractivity contribution in [3.05, 3.63) is 102 Å². The molecule has 34 heavy (non-hydrogen) atoms. The number of halogens is 1. The second-order valence-electron chi connectivity index (χ2n) is 7.84. The van der Waals surface area contributed by atoms with E-state index in [1.54, 1.807) is 0 Å². The minimum Gasteiger partial charge on any atom is -0.355 e. The Labute approximate surface area is 202 Å². The lowest BCUT2D eigenvalue weighted by Crippen LogP contribution is -2.27. The smallest absolute Gasteiger partial charge is 0.251 e. The maximum atomic E-state index is 13.1. The van der Waals surface area contributed by atoms with Gasteiger partial charge in [-0.25, -0.2) is 4.39 Å². The van der Waals surface area contributed by atoms with E-state index in [1.165, 1.54) is 41.6 Å². The first kappa shape index (κ1) is 23.6. The zero-order valence-electron chi connectivity index (χ0n) is 18.7. The van der Waals surface area contributed by atoms with E-state index in [4.69, 9.17) is 0 Å². The van der Waals surface area contributed by atoms with Crippen LogP contribution >= 0.6 is 11.8 Å². The summed E-state index contributed by atoms with van der Waals surface area (Å²) in [5.41, 5.74) is 2.67. The Kier molecular flexibility index (Phi) is 7.99. The SMILES string of the molecule is O=C(CSc1cn(CCNC(=O)c2ccc(F)cc2)c2ccccc12)NCCc1ccccc1. The van der Waals surface area contributed by atoms with Crippen LogP contribution in [0.3, 0.4) is 0 Å². The van der Waals surface area contributed by atoms with Gasteiger partial charge in [0.15, 0.2) is 0 Å². The van der Waals surface area contributed by atoms with Crippen molar-refractivity contribution >= 4 is 34.5 Å². The van der Waals surface area contributed by atoms with E-state index in [0.29, 0.717) is 31.0 Å². The number of nitrogens with zero attached hydrogens (tertiary/aromatic N) is 1. The number of carbonyl (C=O) groups excluding carboxylic acids is 2. The van der Waals surface area contributed by atoms with Crippen molar-refractivity contribution in [2.45, 2.75) is 17.9 Å². The van der Waals surface area contributed by atoms with Gasteiger partial charge in [0.25, 0.3) is 5.91 Å². The summed E-state index contributed by atoms with van der Waals surface area (Å²) in [6.07, 6.45) is 2.83. The van der Waals surface area contributed by atoms with Gasteiger partial charge in [-0.3, -0.25) is 9.59 Å². The van der Waals surface area contributed by atoms with E-state index >= 15 is 0 Å². The molecule has 174 valence electrons. The maximum Gasteiger partial charge on any atom is 0.251 e. The van der Waals surface area contributed by atoms with E-state index in [0.717, 1.165) is 22.2 Å². The molecule has 0 fully saturated rings. The summed E-state index contributed by atoms with van der Waals surface area (Å²) in [5.74, 6) is -0.266. The quantitative estimate of drug-likeness (QED) is 0.328. The lowest BCUT2D eigenvalue weighted by molar-refractivity contribution is -0.118. The number of nitrogens with one attached hydrogen (secondary N) is 2. The number of aromatic nitrogens is 1. The molecule has 4 aromatic rings. The van der Waals surface area contributed by atoms with E-state index in [2.05, 4.69) is 27.3 Å².